The standard InChI is InChI=1S/C5H8N3/c1-4-5(6)3-7-8(4)2/h3H,2,6H2,1H3. The second-order valence-corrected chi connectivity index (χ2v) is 1.68. The molecular formula is C5H8N3. The summed E-state index contributed by atoms with van der Waals surface area (Å²) in [5, 5.41) is 3.80. The summed E-state index contributed by atoms with van der Waals surface area (Å²) >= 11 is 0. The zero-order valence-electron chi connectivity index (χ0n) is 4.76. The fourth-order valence-electron chi connectivity index (χ4n) is 0.461. The SMILES string of the molecule is [CH2]n1ncc(N)c1C. The van der Waals surface area contributed by atoms with Crippen LogP contribution in [0.15, 0.2) is 6.20 Å². The highest BCUT2D eigenvalue weighted by Crippen LogP contribution is 2.05. The van der Waals surface area contributed by atoms with Crippen molar-refractivity contribution in [2.24, 2.45) is 0 Å². The van der Waals surface area contributed by atoms with Gasteiger partial charge in [0.2, 0.25) is 0 Å². The lowest BCUT2D eigenvalue weighted by Crippen LogP contribution is -1.91. The number of anilines is 1. The van der Waals surface area contributed by atoms with E-state index in [1.165, 1.54) is 4.68 Å². The molecule has 0 aliphatic carbocycles. The van der Waals surface area contributed by atoms with Gasteiger partial charge in [-0.05, 0) is 6.92 Å². The molecule has 1 aromatic heterocycles. The number of nitrogen functional groups attached to an aromatic ring is 1. The average molecular weight is 110 g/mol. The molecule has 0 unspecified atom stereocenters. The maximum Gasteiger partial charge on any atom is 0.0730 e. The van der Waals surface area contributed by atoms with Crippen LogP contribution in [0.4, 0.5) is 5.69 Å². The molecule has 0 saturated heterocycles. The normalized spacial score (nSPS) is 9.75. The minimum atomic E-state index is 0.694. The van der Waals surface area contributed by atoms with E-state index in [4.69, 9.17) is 5.73 Å². The van der Waals surface area contributed by atoms with Gasteiger partial charge in [0.25, 0.3) is 0 Å². The molecule has 0 amide bonds. The number of nitrogens with two attached hydrogens (primary N) is 1. The van der Waals surface area contributed by atoms with Crippen LogP contribution in [0, 0.1) is 14.0 Å². The Balaban J connectivity index is 3.19. The fraction of sp³-hybridized carbons (Fsp3) is 0.200. The monoisotopic (exact) mass is 110 g/mol. The van der Waals surface area contributed by atoms with Crippen LogP contribution in [0.1, 0.15) is 5.69 Å². The smallest absolute Gasteiger partial charge is 0.0730 e. The van der Waals surface area contributed by atoms with Crippen LogP contribution in [0.2, 0.25) is 0 Å². The van der Waals surface area contributed by atoms with Crippen molar-refractivity contribution < 1.29 is 0 Å². The van der Waals surface area contributed by atoms with Crippen molar-refractivity contribution in [1.29, 1.82) is 0 Å². The van der Waals surface area contributed by atoms with Crippen LogP contribution in [0.25, 0.3) is 0 Å². The van der Waals surface area contributed by atoms with Gasteiger partial charge in [-0.25, -0.2) is 0 Å². The molecule has 0 aliphatic rings. The van der Waals surface area contributed by atoms with Gasteiger partial charge >= 0.3 is 0 Å². The zero-order valence-corrected chi connectivity index (χ0v) is 4.76. The van der Waals surface area contributed by atoms with Gasteiger partial charge in [-0.1, -0.05) is 0 Å². The molecule has 0 atom stereocenters. The molecule has 3 nitrogen and oxygen atoms in total. The van der Waals surface area contributed by atoms with E-state index in [0.29, 0.717) is 5.69 Å². The van der Waals surface area contributed by atoms with E-state index < -0.39 is 0 Å². The number of hydrogen-bond donors (Lipinski definition) is 1. The maximum absolute atomic E-state index is 5.42. The Hall–Kier alpha value is -0.990. The third-order valence-electron chi connectivity index (χ3n) is 1.14. The first kappa shape index (κ1) is 5.15. The second kappa shape index (κ2) is 1.51. The van der Waals surface area contributed by atoms with Gasteiger partial charge in [0.05, 0.1) is 24.6 Å². The minimum absolute atomic E-state index is 0.694. The van der Waals surface area contributed by atoms with E-state index in [2.05, 4.69) is 12.1 Å². The van der Waals surface area contributed by atoms with E-state index >= 15 is 0 Å². The largest absolute Gasteiger partial charge is 0.396 e. The Morgan fingerprint density at radius 3 is 2.62 bits per heavy atom. The first-order chi connectivity index (χ1) is 3.72. The van der Waals surface area contributed by atoms with Crippen LogP contribution in [-0.4, -0.2) is 9.78 Å². The fourth-order valence-corrected chi connectivity index (χ4v) is 0.461. The molecule has 0 aromatic carbocycles. The molecule has 0 aliphatic heterocycles. The summed E-state index contributed by atoms with van der Waals surface area (Å²) in [6.45, 7) is 1.87. The molecule has 0 bridgehead atoms. The van der Waals surface area contributed by atoms with Crippen LogP contribution in [0.3, 0.4) is 0 Å². The van der Waals surface area contributed by atoms with Crippen LogP contribution in [0.5, 0.6) is 0 Å². The van der Waals surface area contributed by atoms with Crippen molar-refractivity contribution >= 4 is 5.69 Å². The highest BCUT2D eigenvalue weighted by molar-refractivity contribution is 5.39. The molecular weight excluding hydrogens is 102 g/mol. The number of hydrogen-bond acceptors (Lipinski definition) is 2. The summed E-state index contributed by atoms with van der Waals surface area (Å²) in [5.41, 5.74) is 7.02. The van der Waals surface area contributed by atoms with E-state index in [-0.39, 0.29) is 0 Å². The second-order valence-electron chi connectivity index (χ2n) is 1.68. The predicted molar refractivity (Wildman–Crippen MR) is 32.1 cm³/mol. The molecule has 1 radical (unpaired) electrons. The van der Waals surface area contributed by atoms with Crippen LogP contribution in [-0.2, 0) is 0 Å². The molecule has 2 N–H and O–H groups in total. The first-order valence-corrected chi connectivity index (χ1v) is 2.33. The van der Waals surface area contributed by atoms with Crippen LogP contribution < -0.4 is 5.73 Å². The van der Waals surface area contributed by atoms with Crippen molar-refractivity contribution in [3.8, 4) is 0 Å². The molecule has 1 heterocycles. The van der Waals surface area contributed by atoms with Gasteiger partial charge in [0.1, 0.15) is 0 Å². The van der Waals surface area contributed by atoms with Gasteiger partial charge in [0.15, 0.2) is 0 Å². The molecule has 8 heavy (non-hydrogen) atoms. The Morgan fingerprint density at radius 1 is 1.88 bits per heavy atom. The Labute approximate surface area is 48.1 Å². The van der Waals surface area contributed by atoms with Gasteiger partial charge in [0, 0.05) is 0 Å². The van der Waals surface area contributed by atoms with Gasteiger partial charge in [-0.2, -0.15) is 5.10 Å². The Bertz CT molecular complexity index is 170. The van der Waals surface area contributed by atoms with Crippen LogP contribution >= 0.6 is 0 Å². The van der Waals surface area contributed by atoms with Crippen molar-refractivity contribution in [2.75, 3.05) is 5.73 Å². The molecule has 1 rings (SSSR count). The number of aromatic nitrogens is 2. The van der Waals surface area contributed by atoms with E-state index in [1.54, 1.807) is 6.20 Å². The van der Waals surface area contributed by atoms with Crippen molar-refractivity contribution in [1.82, 2.24) is 9.78 Å². The number of rotatable bonds is 0. The maximum atomic E-state index is 5.42. The van der Waals surface area contributed by atoms with Gasteiger partial charge in [-0.15, -0.1) is 0 Å². The van der Waals surface area contributed by atoms with E-state index in [9.17, 15) is 0 Å². The van der Waals surface area contributed by atoms with Crippen molar-refractivity contribution in [3.05, 3.63) is 18.9 Å². The minimum Gasteiger partial charge on any atom is -0.396 e. The third-order valence-corrected chi connectivity index (χ3v) is 1.14. The summed E-state index contributed by atoms with van der Waals surface area (Å²) in [4.78, 5) is 0. The van der Waals surface area contributed by atoms with Crippen molar-refractivity contribution in [3.63, 3.8) is 0 Å². The molecule has 0 saturated carbocycles. The quantitative estimate of drug-likeness (QED) is 0.525. The first-order valence-electron chi connectivity index (χ1n) is 2.33. The average Bonchev–Trinajstić information content (AvgIpc) is 1.98. The third kappa shape index (κ3) is 0.559. The predicted octanol–water partition coefficient (Wildman–Crippen LogP) is 0.413. The highest BCUT2D eigenvalue weighted by Gasteiger charge is 1.94. The Morgan fingerprint density at radius 2 is 2.50 bits per heavy atom. The van der Waals surface area contributed by atoms with Gasteiger partial charge in [-0.3, -0.25) is 4.68 Å². The summed E-state index contributed by atoms with van der Waals surface area (Å²) in [6, 6.07) is 0. The lowest BCUT2D eigenvalue weighted by atomic mass is 10.4. The van der Waals surface area contributed by atoms with Crippen molar-refractivity contribution in [2.45, 2.75) is 6.92 Å². The molecule has 3 heteroatoms. The lowest BCUT2D eigenvalue weighted by molar-refractivity contribution is 0.844. The summed E-state index contributed by atoms with van der Waals surface area (Å²) in [6.07, 6.45) is 1.59. The summed E-state index contributed by atoms with van der Waals surface area (Å²) in [5.74, 6) is 0. The lowest BCUT2D eigenvalue weighted by Gasteiger charge is -1.90. The molecule has 0 fully saturated rings. The summed E-state index contributed by atoms with van der Waals surface area (Å²) < 4.78 is 1.50. The highest BCUT2D eigenvalue weighted by atomic mass is 15.3. The zero-order chi connectivity index (χ0) is 6.15. The van der Waals surface area contributed by atoms with E-state index in [1.807, 2.05) is 6.92 Å². The number of nitrogens with zero attached hydrogens (tertiary/aromatic N) is 2. The molecule has 0 spiro atoms. The van der Waals surface area contributed by atoms with Gasteiger partial charge < -0.3 is 5.73 Å². The molecule has 1 aromatic rings. The Kier molecular flexibility index (Phi) is 0.970. The van der Waals surface area contributed by atoms with E-state index in [0.717, 1.165) is 5.69 Å². The topological polar surface area (TPSA) is 43.8 Å². The molecule has 43 valence electrons. The summed E-state index contributed by atoms with van der Waals surface area (Å²) in [7, 11) is 3.57.